The van der Waals surface area contributed by atoms with Gasteiger partial charge in [0.15, 0.2) is 0 Å². The number of hydrogen-bond acceptors (Lipinski definition) is 3. The van der Waals surface area contributed by atoms with Crippen LogP contribution >= 0.6 is 0 Å². The van der Waals surface area contributed by atoms with Gasteiger partial charge in [0, 0.05) is 5.92 Å². The van der Waals surface area contributed by atoms with Gasteiger partial charge in [-0.3, -0.25) is 0 Å². The maximum absolute atomic E-state index is 12.4. The molecule has 2 unspecified atom stereocenters. The molecule has 1 fully saturated rings. The van der Waals surface area contributed by atoms with Gasteiger partial charge >= 0.3 is 12.1 Å². The van der Waals surface area contributed by atoms with E-state index in [1.165, 1.54) is 0 Å². The third kappa shape index (κ3) is 3.87. The smallest absolute Gasteiger partial charge is 0.408 e. The van der Waals surface area contributed by atoms with Crippen molar-refractivity contribution in [3.05, 3.63) is 71.8 Å². The molecule has 2 aromatic rings. The average molecular weight is 353 g/mol. The lowest BCUT2D eigenvalue weighted by Gasteiger charge is -2.41. The summed E-state index contributed by atoms with van der Waals surface area (Å²) in [6, 6.07) is 18.8. The number of benzene rings is 2. The maximum atomic E-state index is 12.4. The third-order valence-electron chi connectivity index (χ3n) is 5.03. The van der Waals surface area contributed by atoms with Gasteiger partial charge in [-0.25, -0.2) is 9.59 Å². The quantitative estimate of drug-likeness (QED) is 0.849. The van der Waals surface area contributed by atoms with Crippen molar-refractivity contribution in [1.29, 1.82) is 0 Å². The van der Waals surface area contributed by atoms with Crippen molar-refractivity contribution >= 4 is 12.1 Å². The van der Waals surface area contributed by atoms with Crippen LogP contribution in [0.2, 0.25) is 0 Å². The van der Waals surface area contributed by atoms with Gasteiger partial charge in [-0.2, -0.15) is 0 Å². The van der Waals surface area contributed by atoms with Crippen LogP contribution in [0.25, 0.3) is 0 Å². The second kappa shape index (κ2) is 8.04. The maximum Gasteiger partial charge on any atom is 0.408 e. The topological polar surface area (TPSA) is 75.6 Å². The number of carbonyl (C=O) groups is 2. The zero-order valence-corrected chi connectivity index (χ0v) is 14.6. The molecule has 2 atom stereocenters. The molecule has 0 aliphatic heterocycles. The Morgan fingerprint density at radius 3 is 2.35 bits per heavy atom. The van der Waals surface area contributed by atoms with Gasteiger partial charge in [-0.05, 0) is 24.0 Å². The highest BCUT2D eigenvalue weighted by atomic mass is 16.5. The first-order chi connectivity index (χ1) is 12.6. The molecule has 1 amide bonds. The molecule has 1 aliphatic carbocycles. The Labute approximate surface area is 153 Å². The molecule has 2 aromatic carbocycles. The zero-order valence-electron chi connectivity index (χ0n) is 14.6. The molecule has 2 N–H and O–H groups in total. The van der Waals surface area contributed by atoms with Crippen molar-refractivity contribution in [2.75, 3.05) is 0 Å². The van der Waals surface area contributed by atoms with E-state index >= 15 is 0 Å². The van der Waals surface area contributed by atoms with Crippen molar-refractivity contribution in [2.45, 2.75) is 43.7 Å². The lowest BCUT2D eigenvalue weighted by molar-refractivity contribution is -0.147. The molecule has 26 heavy (non-hydrogen) atoms. The van der Waals surface area contributed by atoms with Crippen LogP contribution in [-0.2, 0) is 16.1 Å². The molecule has 3 rings (SSSR count). The van der Waals surface area contributed by atoms with Crippen LogP contribution in [0.15, 0.2) is 60.7 Å². The number of rotatable bonds is 5. The monoisotopic (exact) mass is 353 g/mol. The lowest BCUT2D eigenvalue weighted by Crippen LogP contribution is -2.59. The van der Waals surface area contributed by atoms with Gasteiger partial charge in [0.25, 0.3) is 0 Å². The number of carboxylic acids is 1. The van der Waals surface area contributed by atoms with E-state index in [0.717, 1.165) is 30.4 Å². The average Bonchev–Trinajstić information content (AvgIpc) is 2.68. The van der Waals surface area contributed by atoms with E-state index in [2.05, 4.69) is 5.32 Å². The van der Waals surface area contributed by atoms with Crippen molar-refractivity contribution in [3.63, 3.8) is 0 Å². The minimum atomic E-state index is -1.34. The predicted octanol–water partition coefficient (Wildman–Crippen LogP) is 4.09. The Hall–Kier alpha value is -2.82. The van der Waals surface area contributed by atoms with Crippen LogP contribution < -0.4 is 5.32 Å². The van der Waals surface area contributed by atoms with Gasteiger partial charge in [0.2, 0.25) is 0 Å². The van der Waals surface area contributed by atoms with E-state index in [-0.39, 0.29) is 12.5 Å². The van der Waals surface area contributed by atoms with Gasteiger partial charge in [0.1, 0.15) is 12.1 Å². The number of carbonyl (C=O) groups excluding carboxylic acids is 1. The molecule has 0 bridgehead atoms. The highest BCUT2D eigenvalue weighted by molar-refractivity contribution is 5.86. The van der Waals surface area contributed by atoms with Gasteiger partial charge in [-0.1, -0.05) is 73.5 Å². The number of amides is 1. The van der Waals surface area contributed by atoms with E-state index in [1.54, 1.807) is 0 Å². The van der Waals surface area contributed by atoms with E-state index < -0.39 is 17.6 Å². The standard InChI is InChI=1S/C21H23NO4/c23-19(24)21(22-20(25)26-15-16-9-3-1-4-10-16)14-8-7-13-18(21)17-11-5-2-6-12-17/h1-6,9-12,18H,7-8,13-15H2,(H,22,25)(H,23,24). The predicted molar refractivity (Wildman–Crippen MR) is 97.8 cm³/mol. The summed E-state index contributed by atoms with van der Waals surface area (Å²) in [5.74, 6) is -1.29. The third-order valence-corrected chi connectivity index (χ3v) is 5.03. The summed E-state index contributed by atoms with van der Waals surface area (Å²) in [5, 5.41) is 12.7. The van der Waals surface area contributed by atoms with Crippen molar-refractivity contribution in [1.82, 2.24) is 5.32 Å². The van der Waals surface area contributed by atoms with E-state index in [4.69, 9.17) is 4.74 Å². The molecule has 0 heterocycles. The molecule has 0 aromatic heterocycles. The highest BCUT2D eigenvalue weighted by Gasteiger charge is 2.49. The summed E-state index contributed by atoms with van der Waals surface area (Å²) < 4.78 is 5.28. The first kappa shape index (κ1) is 18.0. The summed E-state index contributed by atoms with van der Waals surface area (Å²) >= 11 is 0. The largest absolute Gasteiger partial charge is 0.479 e. The SMILES string of the molecule is O=C(NC1(C(=O)O)CCCCC1c1ccccc1)OCc1ccccc1. The minimum absolute atomic E-state index is 0.110. The summed E-state index contributed by atoms with van der Waals surface area (Å²) in [5.41, 5.74) is 0.445. The molecule has 1 aliphatic rings. The Kier molecular flexibility index (Phi) is 5.56. The molecular formula is C21H23NO4. The van der Waals surface area contributed by atoms with Crippen molar-refractivity contribution in [3.8, 4) is 0 Å². The van der Waals surface area contributed by atoms with Crippen LogP contribution in [0, 0.1) is 0 Å². The van der Waals surface area contributed by atoms with E-state index in [1.807, 2.05) is 60.7 Å². The normalized spacial score (nSPS) is 22.4. The molecule has 0 spiro atoms. The zero-order chi connectivity index (χ0) is 18.4. The fourth-order valence-electron chi connectivity index (χ4n) is 3.71. The molecule has 1 saturated carbocycles. The summed E-state index contributed by atoms with van der Waals surface area (Å²) in [6.45, 7) is 0.110. The minimum Gasteiger partial charge on any atom is -0.479 e. The fourth-order valence-corrected chi connectivity index (χ4v) is 3.71. The summed E-state index contributed by atoms with van der Waals surface area (Å²) in [4.78, 5) is 24.6. The Bertz CT molecular complexity index is 747. The first-order valence-electron chi connectivity index (χ1n) is 8.89. The van der Waals surface area contributed by atoms with Crippen LogP contribution in [0.3, 0.4) is 0 Å². The molecule has 5 heteroatoms. The first-order valence-corrected chi connectivity index (χ1v) is 8.89. The fraction of sp³-hybridized carbons (Fsp3) is 0.333. The van der Waals surface area contributed by atoms with E-state index in [0.29, 0.717) is 6.42 Å². The van der Waals surface area contributed by atoms with Crippen molar-refractivity contribution < 1.29 is 19.4 Å². The number of aliphatic carboxylic acids is 1. The van der Waals surface area contributed by atoms with Crippen molar-refractivity contribution in [2.24, 2.45) is 0 Å². The summed E-state index contributed by atoms with van der Waals surface area (Å²) in [7, 11) is 0. The number of nitrogens with one attached hydrogen (secondary N) is 1. The van der Waals surface area contributed by atoms with Crippen LogP contribution in [0.5, 0.6) is 0 Å². The Morgan fingerprint density at radius 1 is 1.04 bits per heavy atom. The molecule has 5 nitrogen and oxygen atoms in total. The molecule has 0 saturated heterocycles. The molecule has 136 valence electrons. The molecular weight excluding hydrogens is 330 g/mol. The van der Waals surface area contributed by atoms with Gasteiger partial charge < -0.3 is 15.2 Å². The highest BCUT2D eigenvalue weighted by Crippen LogP contribution is 2.41. The Morgan fingerprint density at radius 2 is 1.69 bits per heavy atom. The van der Waals surface area contributed by atoms with E-state index in [9.17, 15) is 14.7 Å². The number of alkyl carbamates (subject to hydrolysis) is 1. The summed E-state index contributed by atoms with van der Waals surface area (Å²) in [6.07, 6.45) is 2.11. The van der Waals surface area contributed by atoms with Gasteiger partial charge in [0.05, 0.1) is 0 Å². The number of hydrogen-bond donors (Lipinski definition) is 2. The second-order valence-electron chi connectivity index (χ2n) is 6.67. The number of carboxylic acid groups (broad SMARTS) is 1. The Balaban J connectivity index is 1.77. The van der Waals surface area contributed by atoms with Crippen LogP contribution in [0.4, 0.5) is 4.79 Å². The second-order valence-corrected chi connectivity index (χ2v) is 6.67. The van der Waals surface area contributed by atoms with Crippen LogP contribution in [0.1, 0.15) is 42.7 Å². The lowest BCUT2D eigenvalue weighted by atomic mass is 9.69. The van der Waals surface area contributed by atoms with Gasteiger partial charge in [-0.15, -0.1) is 0 Å². The number of ether oxygens (including phenoxy) is 1. The van der Waals surface area contributed by atoms with Crippen LogP contribution in [-0.4, -0.2) is 22.7 Å². The molecule has 0 radical (unpaired) electrons.